The number of likely N-dealkylation sites (tertiary alicyclic amines) is 1. The summed E-state index contributed by atoms with van der Waals surface area (Å²) in [6, 6.07) is 7.02. The van der Waals surface area contributed by atoms with E-state index < -0.39 is 0 Å². The molecule has 4 aliphatic rings. The van der Waals surface area contributed by atoms with Gasteiger partial charge < -0.3 is 10.1 Å². The Hall–Kier alpha value is -2.63. The average Bonchev–Trinajstić information content (AvgIpc) is 2.94. The van der Waals surface area contributed by atoms with Crippen LogP contribution in [0.25, 0.3) is 0 Å². The monoisotopic (exact) mass is 354 g/mol. The third kappa shape index (κ3) is 2.79. The van der Waals surface area contributed by atoms with E-state index in [1.807, 2.05) is 0 Å². The summed E-state index contributed by atoms with van der Waals surface area (Å²) in [5.74, 6) is 0.229. The molecule has 3 aliphatic carbocycles. The van der Waals surface area contributed by atoms with Crippen molar-refractivity contribution in [1.82, 2.24) is 4.90 Å². The maximum absolute atomic E-state index is 12.7. The van der Waals surface area contributed by atoms with Gasteiger partial charge in [0.15, 0.2) is 0 Å². The molecule has 0 aromatic heterocycles. The fourth-order valence-corrected chi connectivity index (χ4v) is 4.47. The number of imide groups is 1. The highest BCUT2D eigenvalue weighted by Crippen LogP contribution is 2.49. The van der Waals surface area contributed by atoms with Crippen LogP contribution < -0.4 is 10.1 Å². The van der Waals surface area contributed by atoms with E-state index >= 15 is 0 Å². The van der Waals surface area contributed by atoms with Crippen molar-refractivity contribution < 1.29 is 19.1 Å². The number of nitrogens with zero attached hydrogens (tertiary/aromatic N) is 1. The number of fused-ring (bicyclic) bond motifs is 1. The maximum Gasteiger partial charge on any atom is 0.233 e. The predicted octanol–water partition coefficient (Wildman–Crippen LogP) is 2.22. The number of hydrogen-bond acceptors (Lipinski definition) is 4. The Balaban J connectivity index is 1.36. The smallest absolute Gasteiger partial charge is 0.233 e. The summed E-state index contributed by atoms with van der Waals surface area (Å²) < 4.78 is 5.08. The highest BCUT2D eigenvalue weighted by molar-refractivity contribution is 6.06. The lowest BCUT2D eigenvalue weighted by Gasteiger charge is -2.38. The van der Waals surface area contributed by atoms with Crippen molar-refractivity contribution in [3.63, 3.8) is 0 Å². The number of amides is 3. The zero-order valence-electron chi connectivity index (χ0n) is 14.7. The molecule has 1 aromatic rings. The summed E-state index contributed by atoms with van der Waals surface area (Å²) in [5, 5.41) is 2.78. The fourth-order valence-electron chi connectivity index (χ4n) is 4.47. The van der Waals surface area contributed by atoms with Crippen LogP contribution in [0.1, 0.15) is 19.3 Å². The summed E-state index contributed by atoms with van der Waals surface area (Å²) in [6.07, 6.45) is 6.26. The van der Waals surface area contributed by atoms with Crippen LogP contribution in [0.2, 0.25) is 0 Å². The first kappa shape index (κ1) is 16.8. The molecule has 0 spiro atoms. The van der Waals surface area contributed by atoms with Crippen molar-refractivity contribution >= 4 is 23.4 Å². The van der Waals surface area contributed by atoms with E-state index in [1.165, 1.54) is 4.90 Å². The molecule has 3 amide bonds. The number of benzene rings is 1. The van der Waals surface area contributed by atoms with Gasteiger partial charge in [0.25, 0.3) is 0 Å². The van der Waals surface area contributed by atoms with Gasteiger partial charge in [-0.05, 0) is 48.9 Å². The van der Waals surface area contributed by atoms with E-state index in [2.05, 4.69) is 17.5 Å². The van der Waals surface area contributed by atoms with Crippen LogP contribution in [0.5, 0.6) is 5.75 Å². The summed E-state index contributed by atoms with van der Waals surface area (Å²) in [6.45, 7) is 0.145. The molecule has 6 nitrogen and oxygen atoms in total. The van der Waals surface area contributed by atoms with Crippen molar-refractivity contribution in [1.29, 1.82) is 0 Å². The summed E-state index contributed by atoms with van der Waals surface area (Å²) in [7, 11) is 1.58. The van der Waals surface area contributed by atoms with Gasteiger partial charge in [-0.1, -0.05) is 12.2 Å². The average molecular weight is 354 g/mol. The zero-order chi connectivity index (χ0) is 18.3. The Morgan fingerprint density at radius 2 is 1.65 bits per heavy atom. The van der Waals surface area contributed by atoms with Crippen LogP contribution in [0, 0.1) is 23.7 Å². The largest absolute Gasteiger partial charge is 0.497 e. The van der Waals surface area contributed by atoms with Crippen molar-refractivity contribution in [3.8, 4) is 5.75 Å². The van der Waals surface area contributed by atoms with E-state index in [0.717, 1.165) is 12.8 Å². The van der Waals surface area contributed by atoms with Crippen LogP contribution in [0.3, 0.4) is 0 Å². The molecule has 1 N–H and O–H groups in total. The summed E-state index contributed by atoms with van der Waals surface area (Å²) in [4.78, 5) is 38.9. The lowest BCUT2D eigenvalue weighted by molar-refractivity contribution is -0.140. The van der Waals surface area contributed by atoms with Gasteiger partial charge in [0.1, 0.15) is 5.75 Å². The Morgan fingerprint density at radius 1 is 1.08 bits per heavy atom. The van der Waals surface area contributed by atoms with Crippen molar-refractivity contribution in [3.05, 3.63) is 36.4 Å². The van der Waals surface area contributed by atoms with Gasteiger partial charge in [0, 0.05) is 18.7 Å². The quantitative estimate of drug-likeness (QED) is 0.650. The standard InChI is InChI=1S/C20H22N2O4/c1-26-15-8-6-14(7-9-15)21-16(23)10-11-22-19(24)17-12-2-3-13(5-4-12)18(17)20(22)25/h2-3,6-9,12-13,17-18H,4-5,10-11H2,1H3,(H,21,23)/t12-,13-,17-,18-/m0/s1. The van der Waals surface area contributed by atoms with E-state index in [-0.39, 0.29) is 54.4 Å². The minimum atomic E-state index is -0.216. The molecule has 5 rings (SSSR count). The van der Waals surface area contributed by atoms with Crippen molar-refractivity contribution in [2.75, 3.05) is 19.0 Å². The van der Waals surface area contributed by atoms with E-state index in [1.54, 1.807) is 31.4 Å². The molecular weight excluding hydrogens is 332 g/mol. The van der Waals surface area contributed by atoms with Crippen LogP contribution >= 0.6 is 0 Å². The number of allylic oxidation sites excluding steroid dienone is 2. The predicted molar refractivity (Wildman–Crippen MR) is 95.3 cm³/mol. The molecule has 0 radical (unpaired) electrons. The maximum atomic E-state index is 12.7. The molecule has 2 bridgehead atoms. The number of nitrogens with one attached hydrogen (secondary N) is 1. The summed E-state index contributed by atoms with van der Waals surface area (Å²) in [5.41, 5.74) is 0.658. The lowest BCUT2D eigenvalue weighted by Crippen LogP contribution is -2.38. The van der Waals surface area contributed by atoms with Crippen LogP contribution in [0.4, 0.5) is 5.69 Å². The van der Waals surface area contributed by atoms with Gasteiger partial charge in [0.05, 0.1) is 18.9 Å². The topological polar surface area (TPSA) is 75.7 Å². The van der Waals surface area contributed by atoms with Gasteiger partial charge in [-0.15, -0.1) is 0 Å². The first-order valence-corrected chi connectivity index (χ1v) is 9.06. The number of anilines is 1. The van der Waals surface area contributed by atoms with Crippen molar-refractivity contribution in [2.24, 2.45) is 23.7 Å². The second-order valence-corrected chi connectivity index (χ2v) is 7.20. The molecule has 26 heavy (non-hydrogen) atoms. The van der Waals surface area contributed by atoms with Crippen molar-refractivity contribution in [2.45, 2.75) is 19.3 Å². The third-order valence-electron chi connectivity index (χ3n) is 5.79. The Kier molecular flexibility index (Phi) is 4.26. The molecule has 2 fully saturated rings. The molecule has 1 aliphatic heterocycles. The highest BCUT2D eigenvalue weighted by Gasteiger charge is 2.56. The molecule has 1 saturated carbocycles. The molecule has 4 atom stereocenters. The van der Waals surface area contributed by atoms with E-state index in [9.17, 15) is 14.4 Å². The third-order valence-corrected chi connectivity index (χ3v) is 5.79. The number of carbonyl (C=O) groups is 3. The first-order chi connectivity index (χ1) is 12.6. The van der Waals surface area contributed by atoms with Gasteiger partial charge in [-0.2, -0.15) is 0 Å². The molecule has 0 unspecified atom stereocenters. The molecular formula is C20H22N2O4. The second-order valence-electron chi connectivity index (χ2n) is 7.20. The molecule has 136 valence electrons. The molecule has 1 saturated heterocycles. The Bertz CT molecular complexity index is 739. The van der Waals surface area contributed by atoms with Gasteiger partial charge in [-0.25, -0.2) is 0 Å². The molecule has 1 heterocycles. The normalized spacial score (nSPS) is 29.0. The van der Waals surface area contributed by atoms with Crippen LogP contribution in [-0.4, -0.2) is 36.3 Å². The van der Waals surface area contributed by atoms with Crippen LogP contribution in [-0.2, 0) is 14.4 Å². The lowest BCUT2D eigenvalue weighted by atomic mass is 9.63. The van der Waals surface area contributed by atoms with E-state index in [4.69, 9.17) is 4.74 Å². The minimum absolute atomic E-state index is 0.101. The van der Waals surface area contributed by atoms with Gasteiger partial charge in [-0.3, -0.25) is 19.3 Å². The highest BCUT2D eigenvalue weighted by atomic mass is 16.5. The first-order valence-electron chi connectivity index (χ1n) is 9.06. The minimum Gasteiger partial charge on any atom is -0.497 e. The Morgan fingerprint density at radius 3 is 2.15 bits per heavy atom. The number of rotatable bonds is 5. The number of methoxy groups -OCH3 is 1. The Labute approximate surface area is 152 Å². The van der Waals surface area contributed by atoms with Gasteiger partial charge >= 0.3 is 0 Å². The fraction of sp³-hybridized carbons (Fsp3) is 0.450. The van der Waals surface area contributed by atoms with E-state index in [0.29, 0.717) is 11.4 Å². The number of hydrogen-bond donors (Lipinski definition) is 1. The summed E-state index contributed by atoms with van der Waals surface area (Å²) >= 11 is 0. The number of ether oxygens (including phenoxy) is 1. The molecule has 6 heteroatoms. The van der Waals surface area contributed by atoms with Crippen LogP contribution in [0.15, 0.2) is 36.4 Å². The second kappa shape index (κ2) is 6.59. The number of carbonyl (C=O) groups excluding carboxylic acids is 3. The molecule has 1 aromatic carbocycles. The van der Waals surface area contributed by atoms with Gasteiger partial charge in [0.2, 0.25) is 17.7 Å². The SMILES string of the molecule is COc1ccc(NC(=O)CCN2C(=O)[C@@H]3[C@@H](C2=O)[C@H]2C=C[C@H]3CC2)cc1. The zero-order valence-corrected chi connectivity index (χ0v) is 14.7.